The Hall–Kier alpha value is -3.26. The van der Waals surface area contributed by atoms with Gasteiger partial charge in [0.2, 0.25) is 5.78 Å². The van der Waals surface area contributed by atoms with Crippen LogP contribution < -0.4 is 5.32 Å². The van der Waals surface area contributed by atoms with E-state index in [1.165, 1.54) is 4.80 Å². The molecule has 4 heterocycles. The summed E-state index contributed by atoms with van der Waals surface area (Å²) in [6, 6.07) is 7.41. The number of phenolic OH excluding ortho intramolecular Hbond substituents is 1. The summed E-state index contributed by atoms with van der Waals surface area (Å²) in [5.41, 5.74) is 3.18. The van der Waals surface area contributed by atoms with E-state index in [9.17, 15) is 5.11 Å². The minimum Gasteiger partial charge on any atom is -0.507 e. The Morgan fingerprint density at radius 1 is 1.00 bits per heavy atom. The number of aromatic hydroxyl groups is 1. The summed E-state index contributed by atoms with van der Waals surface area (Å²) in [6.07, 6.45) is 9.15. The van der Waals surface area contributed by atoms with Crippen molar-refractivity contribution < 1.29 is 5.11 Å². The highest BCUT2D eigenvalue weighted by atomic mass is 16.3. The predicted molar refractivity (Wildman–Crippen MR) is 118 cm³/mol. The molecule has 2 N–H and O–H groups in total. The standard InChI is InChI=1S/C23H27N7O/c1-22(2)12-15(13-23(3,4)28-22)18-7-10-29-14-19(27-21(29)26-18)17-6-5-16(11-20(17)31)30-24-8-9-25-30/h5-11,14-15,28,31H,12-13H2,1-4H3. The number of nitrogens with one attached hydrogen (secondary N) is 1. The predicted octanol–water partition coefficient (Wildman–Crippen LogP) is 3.71. The molecule has 0 saturated carbocycles. The van der Waals surface area contributed by atoms with Crippen LogP contribution in [-0.4, -0.2) is 45.5 Å². The van der Waals surface area contributed by atoms with Crippen molar-refractivity contribution in [3.63, 3.8) is 0 Å². The lowest BCUT2D eigenvalue weighted by atomic mass is 9.74. The van der Waals surface area contributed by atoms with E-state index in [0.29, 0.717) is 28.6 Å². The second kappa shape index (κ2) is 6.88. The van der Waals surface area contributed by atoms with Crippen LogP contribution in [-0.2, 0) is 0 Å². The summed E-state index contributed by atoms with van der Waals surface area (Å²) in [6.45, 7) is 8.99. The molecule has 1 aromatic carbocycles. The van der Waals surface area contributed by atoms with Gasteiger partial charge in [-0.05, 0) is 58.7 Å². The summed E-state index contributed by atoms with van der Waals surface area (Å²) in [5.74, 6) is 1.13. The summed E-state index contributed by atoms with van der Waals surface area (Å²) in [5, 5.41) is 22.5. The number of hydrogen-bond donors (Lipinski definition) is 2. The molecule has 4 aromatic rings. The summed E-state index contributed by atoms with van der Waals surface area (Å²) in [7, 11) is 0. The number of hydrogen-bond acceptors (Lipinski definition) is 6. The minimum atomic E-state index is 0.0533. The number of phenols is 1. The van der Waals surface area contributed by atoms with E-state index in [4.69, 9.17) is 9.97 Å². The van der Waals surface area contributed by atoms with E-state index in [1.807, 2.05) is 28.9 Å². The molecule has 1 fully saturated rings. The topological polar surface area (TPSA) is 93.2 Å². The van der Waals surface area contributed by atoms with Gasteiger partial charge in [0.15, 0.2) is 0 Å². The van der Waals surface area contributed by atoms with E-state index < -0.39 is 0 Å². The van der Waals surface area contributed by atoms with Crippen LogP contribution in [0.3, 0.4) is 0 Å². The van der Waals surface area contributed by atoms with Gasteiger partial charge in [0.05, 0.1) is 23.8 Å². The highest BCUT2D eigenvalue weighted by Gasteiger charge is 2.38. The number of rotatable bonds is 3. The number of benzene rings is 1. The van der Waals surface area contributed by atoms with Crippen LogP contribution in [0, 0.1) is 0 Å². The molecule has 0 bridgehead atoms. The summed E-state index contributed by atoms with van der Waals surface area (Å²) >= 11 is 0. The van der Waals surface area contributed by atoms with Crippen LogP contribution in [0.4, 0.5) is 0 Å². The molecule has 0 amide bonds. The molecule has 0 unspecified atom stereocenters. The second-order valence-corrected chi connectivity index (χ2v) is 9.70. The van der Waals surface area contributed by atoms with Gasteiger partial charge in [-0.15, -0.1) is 0 Å². The van der Waals surface area contributed by atoms with Crippen LogP contribution in [0.5, 0.6) is 5.75 Å². The molecule has 3 aromatic heterocycles. The number of nitrogens with zero attached hydrogens (tertiary/aromatic N) is 6. The molecule has 1 aliphatic heterocycles. The van der Waals surface area contributed by atoms with Crippen LogP contribution in [0.2, 0.25) is 0 Å². The van der Waals surface area contributed by atoms with E-state index in [-0.39, 0.29) is 16.8 Å². The number of piperidine rings is 1. The largest absolute Gasteiger partial charge is 0.507 e. The first-order valence-electron chi connectivity index (χ1n) is 10.5. The van der Waals surface area contributed by atoms with Gasteiger partial charge in [0.25, 0.3) is 0 Å². The first-order chi connectivity index (χ1) is 14.7. The second-order valence-electron chi connectivity index (χ2n) is 9.70. The lowest BCUT2D eigenvalue weighted by molar-refractivity contribution is 0.160. The highest BCUT2D eigenvalue weighted by Crippen LogP contribution is 2.38. The zero-order valence-corrected chi connectivity index (χ0v) is 18.2. The Labute approximate surface area is 181 Å². The molecule has 160 valence electrons. The van der Waals surface area contributed by atoms with E-state index in [1.54, 1.807) is 18.5 Å². The van der Waals surface area contributed by atoms with Gasteiger partial charge < -0.3 is 10.4 Å². The molecular formula is C23H27N7O. The normalized spacial score (nSPS) is 18.5. The summed E-state index contributed by atoms with van der Waals surface area (Å²) in [4.78, 5) is 11.0. The van der Waals surface area contributed by atoms with Crippen molar-refractivity contribution in [2.75, 3.05) is 0 Å². The molecule has 5 rings (SSSR count). The van der Waals surface area contributed by atoms with Crippen LogP contribution in [0.25, 0.3) is 22.7 Å². The average Bonchev–Trinajstić information content (AvgIpc) is 3.34. The van der Waals surface area contributed by atoms with Gasteiger partial charge >= 0.3 is 0 Å². The maximum absolute atomic E-state index is 10.6. The third kappa shape index (κ3) is 3.79. The molecule has 0 radical (unpaired) electrons. The Balaban J connectivity index is 1.48. The van der Waals surface area contributed by atoms with E-state index in [0.717, 1.165) is 18.5 Å². The Morgan fingerprint density at radius 3 is 2.39 bits per heavy atom. The van der Waals surface area contributed by atoms with Crippen molar-refractivity contribution in [2.45, 2.75) is 57.5 Å². The van der Waals surface area contributed by atoms with Gasteiger partial charge in [-0.1, -0.05) is 0 Å². The fraction of sp³-hybridized carbons (Fsp3) is 0.391. The molecule has 1 aliphatic rings. The van der Waals surface area contributed by atoms with E-state index in [2.05, 4.69) is 49.3 Å². The molecule has 0 spiro atoms. The number of fused-ring (bicyclic) bond motifs is 1. The van der Waals surface area contributed by atoms with Gasteiger partial charge in [0, 0.05) is 46.7 Å². The van der Waals surface area contributed by atoms with Gasteiger partial charge in [-0.2, -0.15) is 15.0 Å². The first-order valence-corrected chi connectivity index (χ1v) is 10.5. The Morgan fingerprint density at radius 2 is 1.71 bits per heavy atom. The molecule has 0 atom stereocenters. The molecule has 0 aliphatic carbocycles. The zero-order chi connectivity index (χ0) is 21.8. The van der Waals surface area contributed by atoms with Crippen molar-refractivity contribution >= 4 is 5.78 Å². The number of aromatic nitrogens is 6. The van der Waals surface area contributed by atoms with Gasteiger partial charge in [0.1, 0.15) is 5.75 Å². The van der Waals surface area contributed by atoms with Crippen LogP contribution in [0.15, 0.2) is 49.1 Å². The maximum atomic E-state index is 10.6. The fourth-order valence-corrected chi connectivity index (χ4v) is 4.98. The average molecular weight is 418 g/mol. The Bertz CT molecular complexity index is 1220. The van der Waals surface area contributed by atoms with E-state index >= 15 is 0 Å². The summed E-state index contributed by atoms with van der Waals surface area (Å²) < 4.78 is 1.90. The number of imidazole rings is 1. The molecule has 31 heavy (non-hydrogen) atoms. The zero-order valence-electron chi connectivity index (χ0n) is 18.2. The highest BCUT2D eigenvalue weighted by molar-refractivity contribution is 5.69. The smallest absolute Gasteiger partial charge is 0.234 e. The van der Waals surface area contributed by atoms with Crippen LogP contribution in [0.1, 0.15) is 52.1 Å². The van der Waals surface area contributed by atoms with Crippen LogP contribution >= 0.6 is 0 Å². The molecule has 1 saturated heterocycles. The fourth-order valence-electron chi connectivity index (χ4n) is 4.98. The van der Waals surface area contributed by atoms with Crippen molar-refractivity contribution in [1.82, 2.24) is 34.7 Å². The van der Waals surface area contributed by atoms with Crippen molar-refractivity contribution in [3.05, 3.63) is 54.7 Å². The molecule has 8 heteroatoms. The van der Waals surface area contributed by atoms with Gasteiger partial charge in [-0.3, -0.25) is 4.40 Å². The molecular weight excluding hydrogens is 390 g/mol. The third-order valence-electron chi connectivity index (χ3n) is 5.86. The third-order valence-corrected chi connectivity index (χ3v) is 5.86. The molecule has 8 nitrogen and oxygen atoms in total. The maximum Gasteiger partial charge on any atom is 0.234 e. The first kappa shape index (κ1) is 19.7. The monoisotopic (exact) mass is 417 g/mol. The van der Waals surface area contributed by atoms with Crippen molar-refractivity contribution in [3.8, 4) is 22.7 Å². The lowest BCUT2D eigenvalue weighted by Crippen LogP contribution is -2.57. The van der Waals surface area contributed by atoms with Gasteiger partial charge in [-0.25, -0.2) is 9.97 Å². The quantitative estimate of drug-likeness (QED) is 0.528. The van der Waals surface area contributed by atoms with Crippen molar-refractivity contribution in [2.24, 2.45) is 0 Å². The minimum absolute atomic E-state index is 0.0533. The lowest BCUT2D eigenvalue weighted by Gasteiger charge is -2.46. The van der Waals surface area contributed by atoms with Crippen molar-refractivity contribution in [1.29, 1.82) is 0 Å². The Kier molecular flexibility index (Phi) is 4.37. The SMILES string of the molecule is CC1(C)CC(c2ccn3cc(-c4ccc(-n5nccn5)cc4O)nc3n2)CC(C)(C)N1.